The topological polar surface area (TPSA) is 116 Å². The number of fused-ring (bicyclic) bond motifs is 3. The van der Waals surface area contributed by atoms with E-state index >= 15 is 0 Å². The second-order valence-corrected chi connectivity index (χ2v) is 12.1. The minimum atomic E-state index is -3.24. The van der Waals surface area contributed by atoms with Crippen molar-refractivity contribution < 1.29 is 13.2 Å². The maximum Gasteiger partial charge on any atom is 0.333 e. The van der Waals surface area contributed by atoms with Gasteiger partial charge in [-0.15, -0.1) is 0 Å². The molecule has 1 aliphatic rings. The van der Waals surface area contributed by atoms with Crippen molar-refractivity contribution in [3.05, 3.63) is 88.7 Å². The fourth-order valence-electron chi connectivity index (χ4n) is 5.14. The molecule has 0 radical (unpaired) electrons. The monoisotopic (exact) mass is 527 g/mol. The van der Waals surface area contributed by atoms with E-state index in [9.17, 15) is 18.0 Å². The summed E-state index contributed by atoms with van der Waals surface area (Å²) < 4.78 is 27.1. The summed E-state index contributed by atoms with van der Waals surface area (Å²) in [6.07, 6.45) is 5.83. The van der Waals surface area contributed by atoms with E-state index in [1.807, 2.05) is 36.4 Å². The number of amides is 1. The van der Waals surface area contributed by atoms with Crippen molar-refractivity contribution in [2.45, 2.75) is 17.6 Å². The summed E-state index contributed by atoms with van der Waals surface area (Å²) in [5.74, 6) is -0.260. The number of aromatic nitrogens is 4. The highest BCUT2D eigenvalue weighted by atomic mass is 32.2. The summed E-state index contributed by atoms with van der Waals surface area (Å²) in [7, 11) is 0.0254. The number of aryl methyl sites for hydroxylation is 1. The van der Waals surface area contributed by atoms with Gasteiger partial charge in [0.25, 0.3) is 5.91 Å². The van der Waals surface area contributed by atoms with Gasteiger partial charge in [-0.05, 0) is 54.3 Å². The molecule has 0 aliphatic heterocycles. The first kappa shape index (κ1) is 24.1. The number of imidazole rings is 1. The van der Waals surface area contributed by atoms with Crippen LogP contribution in [0, 0.1) is 0 Å². The number of hydrogen-bond acceptors (Lipinski definition) is 6. The van der Waals surface area contributed by atoms with Gasteiger partial charge in [-0.1, -0.05) is 24.3 Å². The Hall–Kier alpha value is -4.31. The summed E-state index contributed by atoms with van der Waals surface area (Å²) in [4.78, 5) is 34.1. The smallest absolute Gasteiger partial charge is 0.333 e. The summed E-state index contributed by atoms with van der Waals surface area (Å²) >= 11 is 0. The molecule has 3 aromatic heterocycles. The van der Waals surface area contributed by atoms with Crippen LogP contribution in [0.4, 0.5) is 0 Å². The Kier molecular flexibility index (Phi) is 5.29. The van der Waals surface area contributed by atoms with Crippen LogP contribution in [0.3, 0.4) is 0 Å². The molecule has 6 rings (SSSR count). The predicted octanol–water partition coefficient (Wildman–Crippen LogP) is 3.33. The number of nitrogens with one attached hydrogen (secondary N) is 1. The van der Waals surface area contributed by atoms with Gasteiger partial charge < -0.3 is 5.32 Å². The Labute approximate surface area is 218 Å². The highest BCUT2D eigenvalue weighted by Crippen LogP contribution is 2.52. The molecule has 9 nitrogen and oxygen atoms in total. The van der Waals surface area contributed by atoms with Crippen LogP contribution in [0.5, 0.6) is 0 Å². The molecule has 1 amide bonds. The van der Waals surface area contributed by atoms with Crippen LogP contribution >= 0.6 is 0 Å². The van der Waals surface area contributed by atoms with Crippen LogP contribution in [-0.2, 0) is 21.6 Å². The molecule has 38 heavy (non-hydrogen) atoms. The van der Waals surface area contributed by atoms with Crippen molar-refractivity contribution in [3.8, 4) is 16.8 Å². The molecular weight excluding hydrogens is 502 g/mol. The minimum Gasteiger partial charge on any atom is -0.354 e. The molecule has 3 heterocycles. The van der Waals surface area contributed by atoms with Crippen LogP contribution < -0.4 is 11.0 Å². The Bertz CT molecular complexity index is 1920. The van der Waals surface area contributed by atoms with Crippen molar-refractivity contribution in [2.24, 2.45) is 7.05 Å². The number of rotatable bonds is 5. The van der Waals surface area contributed by atoms with E-state index in [4.69, 9.17) is 0 Å². The van der Waals surface area contributed by atoms with Gasteiger partial charge in [-0.3, -0.25) is 23.9 Å². The van der Waals surface area contributed by atoms with Gasteiger partial charge in [0.1, 0.15) is 5.69 Å². The number of carbonyl (C=O) groups is 1. The summed E-state index contributed by atoms with van der Waals surface area (Å²) in [5.41, 5.74) is 5.27. The van der Waals surface area contributed by atoms with E-state index in [2.05, 4.69) is 15.3 Å². The zero-order chi connectivity index (χ0) is 26.8. The third-order valence-electron chi connectivity index (χ3n) is 7.51. The van der Waals surface area contributed by atoms with Crippen LogP contribution in [0.25, 0.3) is 38.8 Å². The van der Waals surface area contributed by atoms with Gasteiger partial charge in [0.2, 0.25) is 0 Å². The Morgan fingerprint density at radius 1 is 0.974 bits per heavy atom. The zero-order valence-electron chi connectivity index (χ0n) is 21.1. The number of nitrogens with zero attached hydrogens (tertiary/aromatic N) is 4. The van der Waals surface area contributed by atoms with E-state index in [1.54, 1.807) is 53.8 Å². The number of hydrogen-bond donors (Lipinski definition) is 1. The van der Waals surface area contributed by atoms with Crippen molar-refractivity contribution >= 4 is 37.7 Å². The molecule has 1 fully saturated rings. The molecule has 10 heteroatoms. The number of sulfone groups is 1. The fraction of sp³-hybridized carbons (Fsp3) is 0.214. The first-order valence-electron chi connectivity index (χ1n) is 12.1. The van der Waals surface area contributed by atoms with Crippen LogP contribution in [0.15, 0.2) is 71.8 Å². The van der Waals surface area contributed by atoms with E-state index in [0.29, 0.717) is 35.3 Å². The van der Waals surface area contributed by atoms with Gasteiger partial charge in [0, 0.05) is 37.5 Å². The van der Waals surface area contributed by atoms with Gasteiger partial charge in [-0.2, -0.15) is 0 Å². The molecule has 0 atom stereocenters. The Morgan fingerprint density at radius 2 is 1.68 bits per heavy atom. The molecule has 192 valence electrons. The van der Waals surface area contributed by atoms with Crippen LogP contribution in [0.1, 0.15) is 28.9 Å². The third-order valence-corrected chi connectivity index (χ3v) is 9.57. The largest absolute Gasteiger partial charge is 0.354 e. The molecule has 1 N–H and O–H groups in total. The second-order valence-electron chi connectivity index (χ2n) is 9.73. The summed E-state index contributed by atoms with van der Waals surface area (Å²) in [5, 5.41) is 3.35. The Balaban J connectivity index is 1.52. The normalized spacial score (nSPS) is 14.6. The summed E-state index contributed by atoms with van der Waals surface area (Å²) in [6, 6.07) is 16.5. The third kappa shape index (κ3) is 3.55. The van der Waals surface area contributed by atoms with Crippen molar-refractivity contribution in [1.29, 1.82) is 0 Å². The van der Waals surface area contributed by atoms with Crippen LogP contribution in [-0.4, -0.2) is 46.7 Å². The molecule has 2 aromatic carbocycles. The lowest BCUT2D eigenvalue weighted by Crippen LogP contribution is -2.21. The maximum atomic E-state index is 13.4. The first-order valence-corrected chi connectivity index (χ1v) is 14.0. The van der Waals surface area contributed by atoms with Crippen LogP contribution in [0.2, 0.25) is 0 Å². The molecule has 1 saturated carbocycles. The van der Waals surface area contributed by atoms with E-state index < -0.39 is 14.6 Å². The van der Waals surface area contributed by atoms with E-state index in [-0.39, 0.29) is 11.6 Å². The molecule has 0 unspecified atom stereocenters. The van der Waals surface area contributed by atoms with Gasteiger partial charge in [-0.25, -0.2) is 13.2 Å². The highest BCUT2D eigenvalue weighted by molar-refractivity contribution is 7.92. The van der Waals surface area contributed by atoms with Crippen molar-refractivity contribution in [1.82, 2.24) is 24.4 Å². The molecule has 0 spiro atoms. The van der Waals surface area contributed by atoms with Gasteiger partial charge >= 0.3 is 5.69 Å². The minimum absolute atomic E-state index is 0.228. The number of benzene rings is 2. The van der Waals surface area contributed by atoms with Gasteiger partial charge in [0.05, 0.1) is 33.2 Å². The fourth-order valence-corrected chi connectivity index (χ4v) is 6.55. The maximum absolute atomic E-state index is 13.4. The SMILES string of the molecule is CNC(=O)c1ccc(-c2ccc3ncc4c(c3c2)n(-c2ccc(C3(S(C)(=O)=O)CC3)cc2)c(=O)n4C)cn1. The number of pyridine rings is 2. The van der Waals surface area contributed by atoms with Gasteiger partial charge in [0.15, 0.2) is 9.84 Å². The first-order chi connectivity index (χ1) is 18.1. The number of carbonyl (C=O) groups excluding carboxylic acids is 1. The van der Waals surface area contributed by atoms with Crippen molar-refractivity contribution in [3.63, 3.8) is 0 Å². The highest BCUT2D eigenvalue weighted by Gasteiger charge is 2.53. The molecule has 0 bridgehead atoms. The lowest BCUT2D eigenvalue weighted by atomic mass is 10.0. The molecule has 1 aliphatic carbocycles. The quantitative estimate of drug-likeness (QED) is 0.375. The average molecular weight is 528 g/mol. The van der Waals surface area contributed by atoms with E-state index in [1.165, 1.54) is 6.26 Å². The lowest BCUT2D eigenvalue weighted by molar-refractivity contribution is 0.0958. The summed E-state index contributed by atoms with van der Waals surface area (Å²) in [6.45, 7) is 0. The van der Waals surface area contributed by atoms with E-state index in [0.717, 1.165) is 27.6 Å². The zero-order valence-corrected chi connectivity index (χ0v) is 21.9. The molecular formula is C28H25N5O4S. The average Bonchev–Trinajstić information content (AvgIpc) is 3.71. The Morgan fingerprint density at radius 3 is 2.29 bits per heavy atom. The standard InChI is InChI=1S/C28H25N5O4S/c1-29-26(34)23-11-5-18(15-30-23)17-4-10-22-21(14-17)25-24(16-31-22)32(2)27(35)33(25)20-8-6-19(7-9-20)28(12-13-28)38(3,36)37/h4-11,14-16H,12-13H2,1-3H3,(H,29,34). The predicted molar refractivity (Wildman–Crippen MR) is 146 cm³/mol. The molecule has 5 aromatic rings. The van der Waals surface area contributed by atoms with Crippen molar-refractivity contribution in [2.75, 3.05) is 13.3 Å². The lowest BCUT2D eigenvalue weighted by Gasteiger charge is -2.14. The molecule has 0 saturated heterocycles. The second kappa shape index (κ2) is 8.35.